The third kappa shape index (κ3) is 5.62. The summed E-state index contributed by atoms with van der Waals surface area (Å²) in [7, 11) is 0. The van der Waals surface area contributed by atoms with Crippen LogP contribution in [0.5, 0.6) is 0 Å². The molecule has 0 aromatic heterocycles. The first kappa shape index (κ1) is 12.8. The SMILES string of the molecule is CC.Cc1ccc(C)cc1.O. The Labute approximate surface area is 69.4 Å². The Bertz CT molecular complexity index is 144. The molecule has 1 heteroatoms. The molecular formula is C10H18O. The predicted molar refractivity (Wildman–Crippen MR) is 50.9 cm³/mol. The highest BCUT2D eigenvalue weighted by Gasteiger charge is 1.79. The first-order valence-electron chi connectivity index (χ1n) is 3.82. The molecule has 1 nitrogen and oxygen atoms in total. The number of rotatable bonds is 0. The van der Waals surface area contributed by atoms with Crippen molar-refractivity contribution >= 4 is 0 Å². The molecule has 64 valence electrons. The van der Waals surface area contributed by atoms with E-state index in [1.165, 1.54) is 11.1 Å². The van der Waals surface area contributed by atoms with Gasteiger partial charge in [0, 0.05) is 0 Å². The first-order valence-corrected chi connectivity index (χ1v) is 3.82. The summed E-state index contributed by atoms with van der Waals surface area (Å²) >= 11 is 0. The molecular weight excluding hydrogens is 136 g/mol. The van der Waals surface area contributed by atoms with Gasteiger partial charge in [0.15, 0.2) is 0 Å². The maximum Gasteiger partial charge on any atom is -0.0398 e. The summed E-state index contributed by atoms with van der Waals surface area (Å²) in [6, 6.07) is 8.48. The van der Waals surface area contributed by atoms with E-state index < -0.39 is 0 Å². The van der Waals surface area contributed by atoms with Gasteiger partial charge in [-0.3, -0.25) is 0 Å². The molecule has 0 heterocycles. The van der Waals surface area contributed by atoms with Crippen molar-refractivity contribution in [2.24, 2.45) is 0 Å². The molecule has 0 spiro atoms. The molecule has 1 rings (SSSR count). The molecule has 0 saturated heterocycles. The van der Waals surface area contributed by atoms with Gasteiger partial charge in [-0.15, -0.1) is 0 Å². The monoisotopic (exact) mass is 154 g/mol. The number of hydrogen-bond donors (Lipinski definition) is 0. The summed E-state index contributed by atoms with van der Waals surface area (Å²) in [6.45, 7) is 8.19. The van der Waals surface area contributed by atoms with E-state index >= 15 is 0 Å². The van der Waals surface area contributed by atoms with Crippen LogP contribution >= 0.6 is 0 Å². The van der Waals surface area contributed by atoms with Crippen LogP contribution in [0.3, 0.4) is 0 Å². The zero-order valence-corrected chi connectivity index (χ0v) is 7.81. The minimum atomic E-state index is 0. The van der Waals surface area contributed by atoms with Crippen molar-refractivity contribution in [3.05, 3.63) is 35.4 Å². The molecule has 0 fully saturated rings. The lowest BCUT2D eigenvalue weighted by Gasteiger charge is -1.90. The summed E-state index contributed by atoms with van der Waals surface area (Å²) < 4.78 is 0. The third-order valence-electron chi connectivity index (χ3n) is 1.22. The number of benzene rings is 1. The molecule has 0 bridgehead atoms. The van der Waals surface area contributed by atoms with Gasteiger partial charge in [-0.25, -0.2) is 0 Å². The Morgan fingerprint density at radius 1 is 0.727 bits per heavy atom. The molecule has 1 aromatic carbocycles. The maximum atomic E-state index is 2.12. The van der Waals surface area contributed by atoms with Gasteiger partial charge in [-0.1, -0.05) is 49.2 Å². The fourth-order valence-electron chi connectivity index (χ4n) is 0.637. The van der Waals surface area contributed by atoms with Crippen LogP contribution in [0.2, 0.25) is 0 Å². The molecule has 0 aliphatic heterocycles. The van der Waals surface area contributed by atoms with Crippen molar-refractivity contribution in [1.29, 1.82) is 0 Å². The van der Waals surface area contributed by atoms with Gasteiger partial charge in [0.25, 0.3) is 0 Å². The van der Waals surface area contributed by atoms with E-state index in [2.05, 4.69) is 38.1 Å². The Hall–Kier alpha value is -0.820. The molecule has 0 radical (unpaired) electrons. The Morgan fingerprint density at radius 2 is 0.909 bits per heavy atom. The van der Waals surface area contributed by atoms with Crippen molar-refractivity contribution in [3.8, 4) is 0 Å². The van der Waals surface area contributed by atoms with Crippen LogP contribution in [-0.4, -0.2) is 5.48 Å². The molecule has 0 amide bonds. The zero-order valence-electron chi connectivity index (χ0n) is 7.81. The lowest BCUT2D eigenvalue weighted by Crippen LogP contribution is -1.70. The standard InChI is InChI=1S/C8H10.C2H6.H2O/c1-7-3-5-8(2)6-4-7;1-2;/h3-6H,1-2H3;1-2H3;1H2. The fraction of sp³-hybridized carbons (Fsp3) is 0.400. The first-order chi connectivity index (χ1) is 4.79. The van der Waals surface area contributed by atoms with Crippen LogP contribution in [-0.2, 0) is 0 Å². The van der Waals surface area contributed by atoms with Crippen LogP contribution in [0, 0.1) is 13.8 Å². The van der Waals surface area contributed by atoms with Crippen LogP contribution < -0.4 is 0 Å². The lowest BCUT2D eigenvalue weighted by molar-refractivity contribution is 0.824. The second-order valence-electron chi connectivity index (χ2n) is 2.15. The highest BCUT2D eigenvalue weighted by molar-refractivity contribution is 5.19. The van der Waals surface area contributed by atoms with Gasteiger partial charge in [-0.05, 0) is 13.8 Å². The molecule has 1 aromatic rings. The van der Waals surface area contributed by atoms with Crippen molar-refractivity contribution in [2.45, 2.75) is 27.7 Å². The van der Waals surface area contributed by atoms with Gasteiger partial charge in [-0.2, -0.15) is 0 Å². The normalized spacial score (nSPS) is 7.27. The van der Waals surface area contributed by atoms with E-state index in [0.29, 0.717) is 0 Å². The molecule has 0 saturated carbocycles. The minimum Gasteiger partial charge on any atom is -0.412 e. The quantitative estimate of drug-likeness (QED) is 0.550. The maximum absolute atomic E-state index is 2.12. The number of hydrogen-bond acceptors (Lipinski definition) is 0. The van der Waals surface area contributed by atoms with E-state index in [9.17, 15) is 0 Å². The van der Waals surface area contributed by atoms with E-state index in [4.69, 9.17) is 0 Å². The lowest BCUT2D eigenvalue weighted by atomic mass is 10.2. The third-order valence-corrected chi connectivity index (χ3v) is 1.22. The highest BCUT2D eigenvalue weighted by atomic mass is 16.0. The average molecular weight is 154 g/mol. The Morgan fingerprint density at radius 3 is 1.09 bits per heavy atom. The van der Waals surface area contributed by atoms with Crippen LogP contribution in [0.4, 0.5) is 0 Å². The zero-order chi connectivity index (χ0) is 7.98. The van der Waals surface area contributed by atoms with Gasteiger partial charge in [0.05, 0.1) is 0 Å². The summed E-state index contributed by atoms with van der Waals surface area (Å²) in [4.78, 5) is 0. The summed E-state index contributed by atoms with van der Waals surface area (Å²) in [5.41, 5.74) is 2.66. The smallest absolute Gasteiger partial charge is 0.0398 e. The molecule has 0 aliphatic rings. The summed E-state index contributed by atoms with van der Waals surface area (Å²) in [6.07, 6.45) is 0. The average Bonchev–Trinajstić information content (AvgIpc) is 2.00. The molecule has 0 aliphatic carbocycles. The van der Waals surface area contributed by atoms with Crippen molar-refractivity contribution in [3.63, 3.8) is 0 Å². The Kier molecular flexibility index (Phi) is 8.50. The van der Waals surface area contributed by atoms with Crippen LogP contribution in [0.15, 0.2) is 24.3 Å². The van der Waals surface area contributed by atoms with E-state index in [0.717, 1.165) is 0 Å². The van der Waals surface area contributed by atoms with Crippen molar-refractivity contribution < 1.29 is 5.48 Å². The predicted octanol–water partition coefficient (Wildman–Crippen LogP) is 2.50. The molecule has 0 atom stereocenters. The molecule has 0 unspecified atom stereocenters. The topological polar surface area (TPSA) is 31.5 Å². The van der Waals surface area contributed by atoms with E-state index in [-0.39, 0.29) is 5.48 Å². The van der Waals surface area contributed by atoms with Gasteiger partial charge in [0.2, 0.25) is 0 Å². The second kappa shape index (κ2) is 7.29. The van der Waals surface area contributed by atoms with Gasteiger partial charge in [0.1, 0.15) is 0 Å². The summed E-state index contributed by atoms with van der Waals surface area (Å²) in [5.74, 6) is 0. The second-order valence-corrected chi connectivity index (χ2v) is 2.15. The van der Waals surface area contributed by atoms with Gasteiger partial charge >= 0.3 is 0 Å². The Balaban J connectivity index is 0. The van der Waals surface area contributed by atoms with Gasteiger partial charge < -0.3 is 5.48 Å². The van der Waals surface area contributed by atoms with E-state index in [1.807, 2.05) is 13.8 Å². The number of aryl methyl sites for hydroxylation is 2. The molecule has 2 N–H and O–H groups in total. The fourth-order valence-corrected chi connectivity index (χ4v) is 0.637. The van der Waals surface area contributed by atoms with E-state index in [1.54, 1.807) is 0 Å². The van der Waals surface area contributed by atoms with Crippen molar-refractivity contribution in [2.75, 3.05) is 0 Å². The highest BCUT2D eigenvalue weighted by Crippen LogP contribution is 1.99. The molecule has 11 heavy (non-hydrogen) atoms. The minimum absolute atomic E-state index is 0. The summed E-state index contributed by atoms with van der Waals surface area (Å²) in [5, 5.41) is 0. The van der Waals surface area contributed by atoms with Crippen LogP contribution in [0.25, 0.3) is 0 Å². The largest absolute Gasteiger partial charge is 0.412 e. The van der Waals surface area contributed by atoms with Crippen LogP contribution in [0.1, 0.15) is 25.0 Å². The van der Waals surface area contributed by atoms with Crippen molar-refractivity contribution in [1.82, 2.24) is 0 Å².